The number of aromatic carboxylic acids is 1. The Bertz CT molecular complexity index is 318. The molecule has 0 saturated heterocycles. The molecule has 0 heterocycles. The Morgan fingerprint density at radius 3 is 2.69 bits per heavy atom. The molecule has 0 spiro atoms. The first-order chi connectivity index (χ1) is 6.15. The van der Waals surface area contributed by atoms with Gasteiger partial charge in [0.05, 0.1) is 5.56 Å². The van der Waals surface area contributed by atoms with Crippen LogP contribution < -0.4 is 0 Å². The van der Waals surface area contributed by atoms with Gasteiger partial charge in [0.2, 0.25) is 0 Å². The maximum absolute atomic E-state index is 10.7. The van der Waals surface area contributed by atoms with Crippen molar-refractivity contribution in [1.82, 2.24) is 0 Å². The molecule has 0 saturated carbocycles. The van der Waals surface area contributed by atoms with Gasteiger partial charge in [-0.3, -0.25) is 0 Å². The number of aryl methyl sites for hydroxylation is 1. The highest BCUT2D eigenvalue weighted by molar-refractivity contribution is 5.89. The summed E-state index contributed by atoms with van der Waals surface area (Å²) in [7, 11) is 0. The van der Waals surface area contributed by atoms with Crippen LogP contribution in [0.1, 0.15) is 29.3 Å². The minimum absolute atomic E-state index is 0.119. The Labute approximate surface area is 76.6 Å². The number of phenolic OH excluding ortho intramolecular Hbond substituents is 1. The van der Waals surface area contributed by atoms with Gasteiger partial charge in [0.25, 0.3) is 0 Å². The second-order valence-electron chi connectivity index (χ2n) is 2.90. The minimum Gasteiger partial charge on any atom is -0.508 e. The SMILES string of the molecule is CCCc1cc(O)ccc1C(=O)O. The fourth-order valence-corrected chi connectivity index (χ4v) is 1.26. The number of carboxylic acids is 1. The number of aromatic hydroxyl groups is 1. The summed E-state index contributed by atoms with van der Waals surface area (Å²) >= 11 is 0. The van der Waals surface area contributed by atoms with E-state index >= 15 is 0 Å². The zero-order valence-electron chi connectivity index (χ0n) is 7.45. The average Bonchev–Trinajstić information content (AvgIpc) is 2.04. The van der Waals surface area contributed by atoms with Gasteiger partial charge in [-0.05, 0) is 30.2 Å². The third kappa shape index (κ3) is 2.21. The summed E-state index contributed by atoms with van der Waals surface area (Å²) in [6.45, 7) is 1.97. The Hall–Kier alpha value is -1.51. The molecule has 1 rings (SSSR count). The van der Waals surface area contributed by atoms with E-state index in [0.29, 0.717) is 12.0 Å². The standard InChI is InChI=1S/C10H12O3/c1-2-3-7-6-8(11)4-5-9(7)10(12)13/h4-6,11H,2-3H2,1H3,(H,12,13). The maximum Gasteiger partial charge on any atom is 0.335 e. The summed E-state index contributed by atoms with van der Waals surface area (Å²) in [6, 6.07) is 4.33. The predicted molar refractivity (Wildman–Crippen MR) is 49.1 cm³/mol. The topological polar surface area (TPSA) is 57.5 Å². The van der Waals surface area contributed by atoms with Crippen LogP contribution in [0.4, 0.5) is 0 Å². The molecular weight excluding hydrogens is 168 g/mol. The Kier molecular flexibility index (Phi) is 2.90. The van der Waals surface area contributed by atoms with Crippen molar-refractivity contribution in [1.29, 1.82) is 0 Å². The molecule has 13 heavy (non-hydrogen) atoms. The van der Waals surface area contributed by atoms with E-state index < -0.39 is 5.97 Å². The van der Waals surface area contributed by atoms with Crippen molar-refractivity contribution in [2.24, 2.45) is 0 Å². The molecule has 0 radical (unpaired) electrons. The molecule has 0 bridgehead atoms. The number of rotatable bonds is 3. The summed E-state index contributed by atoms with van der Waals surface area (Å²) in [5.41, 5.74) is 0.967. The number of carboxylic acid groups (broad SMARTS) is 1. The lowest BCUT2D eigenvalue weighted by Crippen LogP contribution is -2.01. The van der Waals surface area contributed by atoms with Gasteiger partial charge in [-0.2, -0.15) is 0 Å². The number of phenols is 1. The molecule has 70 valence electrons. The van der Waals surface area contributed by atoms with Crippen molar-refractivity contribution in [3.05, 3.63) is 29.3 Å². The average molecular weight is 180 g/mol. The van der Waals surface area contributed by atoms with Gasteiger partial charge in [-0.25, -0.2) is 4.79 Å². The lowest BCUT2D eigenvalue weighted by atomic mass is 10.0. The van der Waals surface area contributed by atoms with Gasteiger partial charge >= 0.3 is 5.97 Å². The van der Waals surface area contributed by atoms with Crippen LogP contribution in [0.3, 0.4) is 0 Å². The Morgan fingerprint density at radius 2 is 2.15 bits per heavy atom. The molecule has 0 fully saturated rings. The number of hydrogen-bond donors (Lipinski definition) is 2. The molecule has 1 aromatic rings. The predicted octanol–water partition coefficient (Wildman–Crippen LogP) is 2.04. The summed E-state index contributed by atoms with van der Waals surface area (Å²) in [4.78, 5) is 10.7. The second-order valence-corrected chi connectivity index (χ2v) is 2.90. The molecule has 2 N–H and O–H groups in total. The summed E-state index contributed by atoms with van der Waals surface area (Å²) in [5, 5.41) is 18.0. The zero-order valence-corrected chi connectivity index (χ0v) is 7.45. The van der Waals surface area contributed by atoms with E-state index in [1.54, 1.807) is 0 Å². The summed E-state index contributed by atoms with van der Waals surface area (Å²) in [6.07, 6.45) is 1.54. The molecule has 0 aliphatic carbocycles. The highest BCUT2D eigenvalue weighted by Gasteiger charge is 2.09. The molecule has 3 nitrogen and oxygen atoms in total. The summed E-state index contributed by atoms with van der Waals surface area (Å²) < 4.78 is 0. The van der Waals surface area contributed by atoms with Crippen LogP contribution in [0.2, 0.25) is 0 Å². The van der Waals surface area contributed by atoms with Gasteiger partial charge in [0, 0.05) is 0 Å². The van der Waals surface area contributed by atoms with Crippen LogP contribution in [-0.2, 0) is 6.42 Å². The van der Waals surface area contributed by atoms with Gasteiger partial charge < -0.3 is 10.2 Å². The Balaban J connectivity index is 3.10. The maximum atomic E-state index is 10.7. The molecule has 0 aliphatic heterocycles. The van der Waals surface area contributed by atoms with E-state index in [4.69, 9.17) is 10.2 Å². The van der Waals surface area contributed by atoms with Gasteiger partial charge in [-0.15, -0.1) is 0 Å². The number of benzene rings is 1. The fourth-order valence-electron chi connectivity index (χ4n) is 1.26. The van der Waals surface area contributed by atoms with E-state index in [1.807, 2.05) is 6.92 Å². The van der Waals surface area contributed by atoms with Crippen LogP contribution in [0.15, 0.2) is 18.2 Å². The van der Waals surface area contributed by atoms with E-state index in [9.17, 15) is 4.79 Å². The van der Waals surface area contributed by atoms with Crippen LogP contribution in [0, 0.1) is 0 Å². The third-order valence-corrected chi connectivity index (χ3v) is 1.84. The highest BCUT2D eigenvalue weighted by Crippen LogP contribution is 2.18. The molecule has 0 atom stereocenters. The van der Waals surface area contributed by atoms with E-state index in [0.717, 1.165) is 6.42 Å². The largest absolute Gasteiger partial charge is 0.508 e. The van der Waals surface area contributed by atoms with Gasteiger partial charge in [0.1, 0.15) is 5.75 Å². The third-order valence-electron chi connectivity index (χ3n) is 1.84. The van der Waals surface area contributed by atoms with Crippen LogP contribution in [0.5, 0.6) is 5.75 Å². The van der Waals surface area contributed by atoms with Crippen molar-refractivity contribution in [3.63, 3.8) is 0 Å². The molecular formula is C10H12O3. The quantitative estimate of drug-likeness (QED) is 0.748. The van der Waals surface area contributed by atoms with Crippen LogP contribution in [0.25, 0.3) is 0 Å². The van der Waals surface area contributed by atoms with Crippen molar-refractivity contribution < 1.29 is 15.0 Å². The van der Waals surface area contributed by atoms with Crippen LogP contribution in [-0.4, -0.2) is 16.2 Å². The molecule has 1 aromatic carbocycles. The molecule has 3 heteroatoms. The summed E-state index contributed by atoms with van der Waals surface area (Å²) in [5.74, 6) is -0.822. The normalized spacial score (nSPS) is 9.92. The molecule has 0 unspecified atom stereocenters. The fraction of sp³-hybridized carbons (Fsp3) is 0.300. The number of hydrogen-bond acceptors (Lipinski definition) is 2. The first kappa shape index (κ1) is 9.58. The van der Waals surface area contributed by atoms with E-state index in [-0.39, 0.29) is 11.3 Å². The molecule has 0 aromatic heterocycles. The molecule has 0 aliphatic rings. The van der Waals surface area contributed by atoms with E-state index in [1.165, 1.54) is 18.2 Å². The second kappa shape index (κ2) is 3.94. The molecule has 0 amide bonds. The van der Waals surface area contributed by atoms with Crippen LogP contribution >= 0.6 is 0 Å². The zero-order chi connectivity index (χ0) is 9.84. The first-order valence-electron chi connectivity index (χ1n) is 4.20. The smallest absolute Gasteiger partial charge is 0.335 e. The van der Waals surface area contributed by atoms with Crippen molar-refractivity contribution in [2.75, 3.05) is 0 Å². The first-order valence-corrected chi connectivity index (χ1v) is 4.20. The lowest BCUT2D eigenvalue weighted by Gasteiger charge is -2.04. The monoisotopic (exact) mass is 180 g/mol. The van der Waals surface area contributed by atoms with Gasteiger partial charge in [0.15, 0.2) is 0 Å². The number of carbonyl (C=O) groups is 1. The van der Waals surface area contributed by atoms with E-state index in [2.05, 4.69) is 0 Å². The van der Waals surface area contributed by atoms with Gasteiger partial charge in [-0.1, -0.05) is 13.3 Å². The van der Waals surface area contributed by atoms with Crippen molar-refractivity contribution in [3.8, 4) is 5.75 Å². The minimum atomic E-state index is -0.941. The Morgan fingerprint density at radius 1 is 1.46 bits per heavy atom. The highest BCUT2D eigenvalue weighted by atomic mass is 16.4. The van der Waals surface area contributed by atoms with Crippen molar-refractivity contribution >= 4 is 5.97 Å². The lowest BCUT2D eigenvalue weighted by molar-refractivity contribution is 0.0695. The van der Waals surface area contributed by atoms with Crippen molar-refractivity contribution in [2.45, 2.75) is 19.8 Å².